The molecule has 1 saturated heterocycles. The molecule has 2 rings (SSSR count). The van der Waals surface area contributed by atoms with E-state index in [-0.39, 0.29) is 17.2 Å². The fourth-order valence-electron chi connectivity index (χ4n) is 2.26. The summed E-state index contributed by atoms with van der Waals surface area (Å²) in [5.74, 6) is 0.495. The number of pyridine rings is 1. The molecule has 1 aromatic rings. The first-order chi connectivity index (χ1) is 9.14. The van der Waals surface area contributed by atoms with Gasteiger partial charge in [-0.05, 0) is 58.1 Å². The number of hydrogen-bond donors (Lipinski definition) is 2. The zero-order valence-corrected chi connectivity index (χ0v) is 12.9. The van der Waals surface area contributed by atoms with Crippen molar-refractivity contribution in [3.63, 3.8) is 0 Å². The minimum Gasteiger partial charge on any atom is -0.399 e. The van der Waals surface area contributed by atoms with Crippen LogP contribution in [0, 0.1) is 0 Å². The van der Waals surface area contributed by atoms with Gasteiger partial charge in [-0.2, -0.15) is 0 Å². The van der Waals surface area contributed by atoms with Gasteiger partial charge in [-0.25, -0.2) is 4.98 Å². The molecule has 0 saturated carbocycles. The molecule has 1 aromatic heterocycles. The predicted octanol–water partition coefficient (Wildman–Crippen LogP) is 0.853. The Morgan fingerprint density at radius 1 is 1.25 bits per heavy atom. The first-order valence-electron chi connectivity index (χ1n) is 6.98. The summed E-state index contributed by atoms with van der Waals surface area (Å²) < 4.78 is 12.2. The van der Waals surface area contributed by atoms with E-state index in [1.807, 2.05) is 40.7 Å². The maximum absolute atomic E-state index is 6.08. The van der Waals surface area contributed by atoms with Crippen molar-refractivity contribution in [2.24, 2.45) is 5.73 Å². The van der Waals surface area contributed by atoms with E-state index in [0.717, 1.165) is 11.0 Å². The minimum absolute atomic E-state index is 0.00248. The Bertz CT molecular complexity index is 487. The van der Waals surface area contributed by atoms with Gasteiger partial charge in [0.2, 0.25) is 0 Å². The molecule has 0 amide bonds. The van der Waals surface area contributed by atoms with Gasteiger partial charge < -0.3 is 20.8 Å². The van der Waals surface area contributed by atoms with Crippen LogP contribution < -0.4 is 16.9 Å². The van der Waals surface area contributed by atoms with Crippen molar-refractivity contribution in [2.75, 3.05) is 5.73 Å². The van der Waals surface area contributed by atoms with Crippen molar-refractivity contribution in [1.29, 1.82) is 0 Å². The molecule has 1 unspecified atom stereocenters. The number of hydrogen-bond acceptors (Lipinski definition) is 5. The van der Waals surface area contributed by atoms with Crippen molar-refractivity contribution in [3.8, 4) is 0 Å². The number of rotatable bonds is 3. The lowest BCUT2D eigenvalue weighted by Gasteiger charge is -2.32. The fraction of sp³-hybridized carbons (Fsp3) is 0.643. The highest BCUT2D eigenvalue weighted by Gasteiger charge is 2.52. The van der Waals surface area contributed by atoms with Crippen LogP contribution in [0.2, 0.25) is 0 Å². The van der Waals surface area contributed by atoms with E-state index in [9.17, 15) is 0 Å². The summed E-state index contributed by atoms with van der Waals surface area (Å²) in [5.41, 5.74) is 13.0. The summed E-state index contributed by atoms with van der Waals surface area (Å²) in [6.07, 6.45) is 2.33. The summed E-state index contributed by atoms with van der Waals surface area (Å²) >= 11 is 0. The third kappa shape index (κ3) is 2.68. The maximum atomic E-state index is 6.08. The molecule has 0 radical (unpaired) electrons. The van der Waals surface area contributed by atoms with Crippen LogP contribution in [0.3, 0.4) is 0 Å². The van der Waals surface area contributed by atoms with Crippen LogP contribution in [0.5, 0.6) is 0 Å². The van der Waals surface area contributed by atoms with Gasteiger partial charge in [-0.3, -0.25) is 0 Å². The third-order valence-corrected chi connectivity index (χ3v) is 4.16. The summed E-state index contributed by atoms with van der Waals surface area (Å²) in [7, 11) is -0.431. The van der Waals surface area contributed by atoms with Gasteiger partial charge in [-0.1, -0.05) is 0 Å². The van der Waals surface area contributed by atoms with E-state index in [4.69, 9.17) is 20.8 Å². The van der Waals surface area contributed by atoms with E-state index in [2.05, 4.69) is 4.98 Å². The van der Waals surface area contributed by atoms with Crippen LogP contribution in [0.1, 0.15) is 40.2 Å². The summed E-state index contributed by atoms with van der Waals surface area (Å²) in [5, 5.41) is 0. The maximum Gasteiger partial charge on any atom is 0.495 e. The summed E-state index contributed by atoms with van der Waals surface area (Å²) in [6, 6.07) is 1.90. The smallest absolute Gasteiger partial charge is 0.399 e. The lowest BCUT2D eigenvalue weighted by molar-refractivity contribution is 0.00578. The molecule has 5 nitrogen and oxygen atoms in total. The lowest BCUT2D eigenvalue weighted by atomic mass is 9.75. The van der Waals surface area contributed by atoms with Gasteiger partial charge in [0.15, 0.2) is 0 Å². The molecule has 6 heteroatoms. The molecule has 1 aliphatic rings. The van der Waals surface area contributed by atoms with E-state index in [0.29, 0.717) is 12.2 Å². The van der Waals surface area contributed by atoms with Crippen molar-refractivity contribution < 1.29 is 9.31 Å². The second-order valence-corrected chi connectivity index (χ2v) is 6.53. The molecule has 1 fully saturated rings. The molecule has 0 aromatic carbocycles. The van der Waals surface area contributed by atoms with E-state index in [1.54, 1.807) is 6.20 Å². The Kier molecular flexibility index (Phi) is 3.84. The van der Waals surface area contributed by atoms with E-state index in [1.165, 1.54) is 0 Å². The van der Waals surface area contributed by atoms with Gasteiger partial charge >= 0.3 is 7.12 Å². The summed E-state index contributed by atoms with van der Waals surface area (Å²) in [6.45, 7) is 10.1. The molecule has 0 spiro atoms. The minimum atomic E-state index is -0.431. The average molecular weight is 277 g/mol. The number of nitrogens with zero attached hydrogens (tertiary/aromatic N) is 1. The highest BCUT2D eigenvalue weighted by molar-refractivity contribution is 6.62. The molecule has 20 heavy (non-hydrogen) atoms. The Morgan fingerprint density at radius 3 is 2.30 bits per heavy atom. The first kappa shape index (κ1) is 15.3. The number of aromatic nitrogens is 1. The number of nitrogen functional groups attached to an aromatic ring is 1. The standard InChI is InChI=1S/C14H24BN3O2/c1-9(16)8-10-11(6-7-18-12(10)17)15-19-13(2,3)14(4,5)20-15/h6-7,9H,8,16H2,1-5H3,(H2,17,18). The van der Waals surface area contributed by atoms with Crippen LogP contribution in [0.15, 0.2) is 12.3 Å². The SMILES string of the molecule is CC(N)Cc1c(B2OC(C)(C)C(C)(C)O2)ccnc1N. The molecule has 0 aliphatic carbocycles. The Hall–Kier alpha value is -1.11. The van der Waals surface area contributed by atoms with Crippen LogP contribution in [0.4, 0.5) is 5.82 Å². The number of anilines is 1. The fourth-order valence-corrected chi connectivity index (χ4v) is 2.26. The zero-order chi connectivity index (χ0) is 15.1. The molecule has 1 atom stereocenters. The monoisotopic (exact) mass is 277 g/mol. The second-order valence-electron chi connectivity index (χ2n) is 6.53. The van der Waals surface area contributed by atoms with Crippen LogP contribution >= 0.6 is 0 Å². The Labute approximate surface area is 121 Å². The van der Waals surface area contributed by atoms with Crippen molar-refractivity contribution in [2.45, 2.75) is 58.3 Å². The predicted molar refractivity (Wildman–Crippen MR) is 81.7 cm³/mol. The average Bonchev–Trinajstić information content (AvgIpc) is 2.50. The largest absolute Gasteiger partial charge is 0.495 e. The molecular weight excluding hydrogens is 253 g/mol. The zero-order valence-electron chi connectivity index (χ0n) is 12.9. The molecule has 0 bridgehead atoms. The van der Waals surface area contributed by atoms with E-state index >= 15 is 0 Å². The van der Waals surface area contributed by atoms with Crippen molar-refractivity contribution in [1.82, 2.24) is 4.98 Å². The topological polar surface area (TPSA) is 83.4 Å². The van der Waals surface area contributed by atoms with Crippen LogP contribution in [0.25, 0.3) is 0 Å². The molecule has 4 N–H and O–H groups in total. The number of nitrogens with two attached hydrogens (primary N) is 2. The van der Waals surface area contributed by atoms with Crippen LogP contribution in [-0.2, 0) is 15.7 Å². The van der Waals surface area contributed by atoms with E-state index < -0.39 is 7.12 Å². The van der Waals surface area contributed by atoms with Gasteiger partial charge in [-0.15, -0.1) is 0 Å². The quantitative estimate of drug-likeness (QED) is 0.800. The van der Waals surface area contributed by atoms with Gasteiger partial charge in [0.05, 0.1) is 11.2 Å². The van der Waals surface area contributed by atoms with Crippen LogP contribution in [-0.4, -0.2) is 29.3 Å². The summed E-state index contributed by atoms with van der Waals surface area (Å²) in [4.78, 5) is 4.15. The van der Waals surface area contributed by atoms with Crippen molar-refractivity contribution in [3.05, 3.63) is 17.8 Å². The van der Waals surface area contributed by atoms with Gasteiger partial charge in [0, 0.05) is 12.2 Å². The molecule has 110 valence electrons. The molecular formula is C14H24BN3O2. The normalized spacial score (nSPS) is 22.0. The first-order valence-corrected chi connectivity index (χ1v) is 6.98. The third-order valence-electron chi connectivity index (χ3n) is 4.16. The highest BCUT2D eigenvalue weighted by atomic mass is 16.7. The van der Waals surface area contributed by atoms with Gasteiger partial charge in [0.1, 0.15) is 5.82 Å². The molecule has 2 heterocycles. The van der Waals surface area contributed by atoms with Crippen molar-refractivity contribution >= 4 is 18.4 Å². The Balaban J connectivity index is 2.37. The Morgan fingerprint density at radius 2 is 1.80 bits per heavy atom. The highest BCUT2D eigenvalue weighted by Crippen LogP contribution is 2.36. The molecule has 1 aliphatic heterocycles. The van der Waals surface area contributed by atoms with Gasteiger partial charge in [0.25, 0.3) is 0 Å². The lowest BCUT2D eigenvalue weighted by Crippen LogP contribution is -2.41. The second kappa shape index (κ2) is 5.02.